The first-order valence-electron chi connectivity index (χ1n) is 14.3. The first kappa shape index (κ1) is 46.0. The fraction of sp³-hybridized carbons (Fsp3) is 0.345. The third-order valence-electron chi connectivity index (χ3n) is 6.71. The number of carbonyl (C=O) groups is 7. The van der Waals surface area contributed by atoms with Gasteiger partial charge in [-0.25, -0.2) is 9.59 Å². The van der Waals surface area contributed by atoms with Gasteiger partial charge in [0.2, 0.25) is 11.8 Å². The predicted octanol–water partition coefficient (Wildman–Crippen LogP) is 4.88. The molecule has 0 saturated heterocycles. The number of amides is 5. The minimum Gasteiger partial charge on any atom is -0.435 e. The van der Waals surface area contributed by atoms with Crippen LogP contribution in [-0.4, -0.2) is 87.2 Å². The monoisotopic (exact) mass is 1380 g/mol. The van der Waals surface area contributed by atoms with E-state index >= 15 is 0 Å². The molecule has 5 N–H and O–H groups in total. The Labute approximate surface area is 374 Å². The maximum atomic E-state index is 13.7. The number of aliphatic hydroxyl groups is 1. The Kier molecular flexibility index (Phi) is 19.0. The molecule has 1 unspecified atom stereocenters. The van der Waals surface area contributed by atoms with Crippen LogP contribution in [0.4, 0.5) is 16.2 Å². The molecule has 278 valence electrons. The summed E-state index contributed by atoms with van der Waals surface area (Å²) in [5.74, 6) is -4.04. The summed E-state index contributed by atoms with van der Waals surface area (Å²) < 4.78 is 16.6. The van der Waals surface area contributed by atoms with Crippen molar-refractivity contribution in [3.8, 4) is 0 Å². The van der Waals surface area contributed by atoms with E-state index in [1.54, 1.807) is 29.5 Å². The average molecular weight is 1380 g/mol. The molecule has 0 aliphatic carbocycles. The van der Waals surface area contributed by atoms with Crippen LogP contribution in [0, 0.1) is 17.9 Å². The van der Waals surface area contributed by atoms with Crippen LogP contribution in [0.1, 0.15) is 73.9 Å². The first-order chi connectivity index (χ1) is 23.9. The summed E-state index contributed by atoms with van der Waals surface area (Å²) in [4.78, 5) is 92.6. The average Bonchev–Trinajstić information content (AvgIpc) is 3.06. The minimum atomic E-state index is -1.19. The van der Waals surface area contributed by atoms with E-state index in [1.165, 1.54) is 55.8 Å². The number of aliphatic hydroxyl groups excluding tert-OH is 1. The summed E-state index contributed by atoms with van der Waals surface area (Å²) in [7, 11) is 2.93. The van der Waals surface area contributed by atoms with Crippen LogP contribution in [0.5, 0.6) is 0 Å². The van der Waals surface area contributed by atoms with E-state index in [0.717, 1.165) is 0 Å². The van der Waals surface area contributed by atoms with E-state index in [9.17, 15) is 38.7 Å². The molecular weight excluding hydrogens is 1360 g/mol. The van der Waals surface area contributed by atoms with E-state index in [0.29, 0.717) is 12.8 Å². The van der Waals surface area contributed by atoms with E-state index in [2.05, 4.69) is 21.3 Å². The van der Waals surface area contributed by atoms with Gasteiger partial charge in [0.15, 0.2) is 23.0 Å². The highest BCUT2D eigenvalue weighted by molar-refractivity contribution is 14.1. The Hall–Kier alpha value is -1.13. The van der Waals surface area contributed by atoms with Crippen molar-refractivity contribution in [1.82, 2.24) is 16.0 Å². The van der Waals surface area contributed by atoms with Gasteiger partial charge in [-0.2, -0.15) is 0 Å². The molecule has 0 fully saturated rings. The van der Waals surface area contributed by atoms with Gasteiger partial charge in [0.1, 0.15) is 6.10 Å². The molecule has 2 rings (SSSR count). The van der Waals surface area contributed by atoms with Crippen molar-refractivity contribution in [3.05, 3.63) is 45.7 Å². The molecule has 0 spiro atoms. The van der Waals surface area contributed by atoms with Crippen LogP contribution in [0.2, 0.25) is 0 Å². The number of rotatable bonds is 13. The van der Waals surface area contributed by atoms with Gasteiger partial charge in [-0.3, -0.25) is 24.0 Å². The maximum absolute atomic E-state index is 13.7. The minimum absolute atomic E-state index is 0.00198. The second kappa shape index (κ2) is 21.1. The zero-order valence-corrected chi connectivity index (χ0v) is 40.1. The van der Waals surface area contributed by atoms with Gasteiger partial charge in [0, 0.05) is 40.3 Å². The maximum Gasteiger partial charge on any atom is 0.508 e. The highest BCUT2D eigenvalue weighted by Gasteiger charge is 2.35. The van der Waals surface area contributed by atoms with Gasteiger partial charge >= 0.3 is 12.1 Å². The number of ether oxygens (including phenoxy) is 2. The molecule has 0 bridgehead atoms. The van der Waals surface area contributed by atoms with Crippen molar-refractivity contribution in [2.45, 2.75) is 26.9 Å². The second-order valence-corrected chi connectivity index (χ2v) is 15.7. The molecule has 0 aromatic heterocycles. The van der Waals surface area contributed by atoms with E-state index in [-0.39, 0.29) is 69.9 Å². The largest absolute Gasteiger partial charge is 0.508 e. The third-order valence-corrected chi connectivity index (χ3v) is 12.5. The van der Waals surface area contributed by atoms with Gasteiger partial charge in [-0.15, -0.1) is 0 Å². The van der Waals surface area contributed by atoms with E-state index in [4.69, 9.17) is 12.5 Å². The van der Waals surface area contributed by atoms with Crippen LogP contribution in [0.15, 0.2) is 0 Å². The lowest BCUT2D eigenvalue weighted by molar-refractivity contribution is -0.116. The lowest BCUT2D eigenvalue weighted by Gasteiger charge is -2.24. The van der Waals surface area contributed by atoms with Crippen molar-refractivity contribution < 1.29 is 51.2 Å². The highest BCUT2D eigenvalue weighted by Crippen LogP contribution is 2.40. The zero-order valence-electron chi connectivity index (χ0n) is 27.2. The summed E-state index contributed by atoms with van der Waals surface area (Å²) in [5, 5.41) is 19.5. The van der Waals surface area contributed by atoms with Crippen LogP contribution in [-0.2, 0) is 22.1 Å². The topological polar surface area (TPSA) is 219 Å². The van der Waals surface area contributed by atoms with Crippen molar-refractivity contribution in [2.75, 3.05) is 50.6 Å². The molecule has 0 radical (unpaired) electrons. The number of nitrogens with one attached hydrogen (secondary N) is 4. The molecule has 0 aliphatic rings. The number of carbonyl (C=O) groups excluding carboxylic acids is 7. The molecule has 16 nitrogen and oxygen atoms in total. The molecule has 0 aliphatic heterocycles. The van der Waals surface area contributed by atoms with Gasteiger partial charge < -0.3 is 43.8 Å². The van der Waals surface area contributed by atoms with Gasteiger partial charge in [-0.1, -0.05) is 0 Å². The Morgan fingerprint density at radius 2 is 1.37 bits per heavy atom. The van der Waals surface area contributed by atoms with Crippen molar-refractivity contribution in [3.63, 3.8) is 0 Å². The Balaban J connectivity index is 2.69. The third kappa shape index (κ3) is 11.0. The summed E-state index contributed by atoms with van der Waals surface area (Å²) >= 11 is 10.6. The number of hydrogen-bond donors (Lipinski definition) is 5. The predicted molar refractivity (Wildman–Crippen MR) is 235 cm³/mol. The number of benzene rings is 2. The van der Waals surface area contributed by atoms with Crippen molar-refractivity contribution in [2.24, 2.45) is 0 Å². The number of nitrogens with zero attached hydrogens (tertiary/aromatic N) is 1. The molecule has 0 saturated carbocycles. The molecule has 51 heavy (non-hydrogen) atoms. The zero-order chi connectivity index (χ0) is 38.9. The van der Waals surface area contributed by atoms with Crippen LogP contribution < -0.4 is 26.2 Å². The SMILES string of the molecule is CCOC(=O)OC(C)c1c(I)c(C(=O)NCCO)c(I)c(NC(=O)CNC(=O)c2c(I)c(C(=O)NC)c(I)c(N(C)C(C)=O)c2I)c1C(=O)OI. The quantitative estimate of drug-likeness (QED) is 0.135. The van der Waals surface area contributed by atoms with Gasteiger partial charge in [0.25, 0.3) is 17.7 Å². The fourth-order valence-corrected chi connectivity index (χ4v) is 12.1. The highest BCUT2D eigenvalue weighted by atomic mass is 127. The Morgan fingerprint density at radius 3 is 1.88 bits per heavy atom. The number of anilines is 2. The molecule has 0 heterocycles. The summed E-state index contributed by atoms with van der Waals surface area (Å²) in [5.41, 5.74) is 0.131. The smallest absolute Gasteiger partial charge is 0.435 e. The molecule has 2 aromatic carbocycles. The first-order valence-corrected chi connectivity index (χ1v) is 20.5. The van der Waals surface area contributed by atoms with Crippen molar-refractivity contribution >= 4 is 189 Å². The lowest BCUT2D eigenvalue weighted by Crippen LogP contribution is -2.36. The van der Waals surface area contributed by atoms with Gasteiger partial charge in [0.05, 0.1) is 64.1 Å². The van der Waals surface area contributed by atoms with Crippen LogP contribution in [0.3, 0.4) is 0 Å². The van der Waals surface area contributed by atoms with E-state index in [1.807, 2.05) is 90.4 Å². The fourth-order valence-electron chi connectivity index (χ4n) is 4.33. The standard InChI is InChI=1S/C29H29I6N5O11/c1-6-49-29(48)50-10(2)13-14(28(47)51-35)23(20(32)15(18(13)30)26(45)37-7-8-41)39-12(43)9-38-27(46)17-19(31)16(25(44)36-4)21(33)24(22(17)34)40(5)11(3)42/h10,41H,6-9H2,1-5H3,(H,36,44)(H,37,45)(H,38,46)(H,39,43). The lowest BCUT2D eigenvalue weighted by atomic mass is 9.97. The number of hydrogen-bond acceptors (Lipinski definition) is 11. The van der Waals surface area contributed by atoms with Crippen LogP contribution >= 0.6 is 136 Å². The molecular formula is C29H29I6N5O11. The number of halogens is 6. The summed E-state index contributed by atoms with van der Waals surface area (Å²) in [6.45, 7) is 3.21. The molecule has 5 amide bonds. The van der Waals surface area contributed by atoms with Crippen molar-refractivity contribution in [1.29, 1.82) is 0 Å². The molecule has 1 atom stereocenters. The normalized spacial score (nSPS) is 11.1. The summed E-state index contributed by atoms with van der Waals surface area (Å²) in [6.07, 6.45) is -2.25. The Morgan fingerprint density at radius 1 is 0.824 bits per heavy atom. The van der Waals surface area contributed by atoms with Crippen LogP contribution in [0.25, 0.3) is 0 Å². The Bertz CT molecular complexity index is 1780. The molecule has 2 aromatic rings. The van der Waals surface area contributed by atoms with Gasteiger partial charge in [-0.05, 0) is 127 Å². The van der Waals surface area contributed by atoms with E-state index < -0.39 is 48.4 Å². The summed E-state index contributed by atoms with van der Waals surface area (Å²) in [6, 6.07) is 0. The molecule has 22 heteroatoms. The second-order valence-electron chi connectivity index (χ2n) is 9.88.